The number of Topliss-reactive ketones (excluding diaryl/α,β-unsaturated/α-hetero) is 1. The lowest BCUT2D eigenvalue weighted by atomic mass is 10.1. The lowest BCUT2D eigenvalue weighted by Gasteiger charge is -2.04. The lowest BCUT2D eigenvalue weighted by molar-refractivity contribution is 0.0972. The van der Waals surface area contributed by atoms with Gasteiger partial charge in [0, 0.05) is 34.4 Å². The smallest absolute Gasteiger partial charge is 0.328 e. The summed E-state index contributed by atoms with van der Waals surface area (Å²) < 4.78 is 1.21. The highest BCUT2D eigenvalue weighted by molar-refractivity contribution is 6.07. The molecule has 0 aliphatic carbocycles. The van der Waals surface area contributed by atoms with Gasteiger partial charge in [-0.25, -0.2) is 4.79 Å². The normalized spacial score (nSPS) is 10.9. The minimum Gasteiger partial charge on any atom is -0.360 e. The molecule has 2 N–H and O–H groups in total. The molecule has 0 aliphatic rings. The van der Waals surface area contributed by atoms with Crippen molar-refractivity contribution in [3.63, 3.8) is 0 Å². The highest BCUT2D eigenvalue weighted by Crippen LogP contribution is 2.18. The molecule has 2 aromatic heterocycles. The number of hydrogen-bond acceptors (Lipinski definition) is 3. The van der Waals surface area contributed by atoms with Crippen LogP contribution in [0.15, 0.2) is 46.2 Å². The predicted molar refractivity (Wildman–Crippen MR) is 78.7 cm³/mol. The van der Waals surface area contributed by atoms with Gasteiger partial charge >= 0.3 is 5.69 Å². The van der Waals surface area contributed by atoms with Gasteiger partial charge in [0.25, 0.3) is 5.56 Å². The van der Waals surface area contributed by atoms with Gasteiger partial charge in [-0.1, -0.05) is 18.2 Å². The molecule has 0 saturated carbocycles. The lowest BCUT2D eigenvalue weighted by Crippen LogP contribution is -2.32. The minimum absolute atomic E-state index is 0.113. The molecule has 0 spiro atoms. The maximum absolute atomic E-state index is 12.4. The summed E-state index contributed by atoms with van der Waals surface area (Å²) in [6, 6.07) is 7.45. The van der Waals surface area contributed by atoms with Crippen LogP contribution in [-0.2, 0) is 6.54 Å². The first-order chi connectivity index (χ1) is 10.1. The standard InChI is InChI=1S/C15H13N3O3/c1-9-7-18(15(21)17-14(9)20)8-13(19)11-6-16-12-5-3-2-4-10(11)12/h2-7,16H,8H2,1H3,(H,17,20,21). The summed E-state index contributed by atoms with van der Waals surface area (Å²) in [7, 11) is 0. The second-order valence-corrected chi connectivity index (χ2v) is 4.87. The SMILES string of the molecule is Cc1cn(CC(=O)c2c[nH]c3ccccc23)c(=O)[nH]c1=O. The van der Waals surface area contributed by atoms with E-state index in [1.807, 2.05) is 24.3 Å². The van der Waals surface area contributed by atoms with Crippen molar-refractivity contribution in [1.82, 2.24) is 14.5 Å². The molecule has 0 fully saturated rings. The molecule has 106 valence electrons. The van der Waals surface area contributed by atoms with Gasteiger partial charge in [0.1, 0.15) is 0 Å². The maximum Gasteiger partial charge on any atom is 0.328 e. The Balaban J connectivity index is 1.99. The Hall–Kier alpha value is -2.89. The van der Waals surface area contributed by atoms with E-state index >= 15 is 0 Å². The average Bonchev–Trinajstić information content (AvgIpc) is 2.88. The first-order valence-electron chi connectivity index (χ1n) is 6.46. The third kappa shape index (κ3) is 2.31. The quantitative estimate of drug-likeness (QED) is 0.708. The van der Waals surface area contributed by atoms with Crippen molar-refractivity contribution in [3.05, 3.63) is 68.6 Å². The molecule has 0 aliphatic heterocycles. The Bertz CT molecular complexity index is 946. The molecule has 0 radical (unpaired) electrons. The van der Waals surface area contributed by atoms with Crippen molar-refractivity contribution in [2.75, 3.05) is 0 Å². The van der Waals surface area contributed by atoms with Crippen LogP contribution in [0.25, 0.3) is 10.9 Å². The van der Waals surface area contributed by atoms with Crippen molar-refractivity contribution in [1.29, 1.82) is 0 Å². The zero-order chi connectivity index (χ0) is 15.0. The fourth-order valence-corrected chi connectivity index (χ4v) is 2.28. The Kier molecular flexibility index (Phi) is 3.06. The molecular weight excluding hydrogens is 270 g/mol. The fraction of sp³-hybridized carbons (Fsp3) is 0.133. The van der Waals surface area contributed by atoms with Crippen LogP contribution in [0.5, 0.6) is 0 Å². The van der Waals surface area contributed by atoms with E-state index < -0.39 is 11.2 Å². The number of aryl methyl sites for hydroxylation is 1. The molecule has 2 heterocycles. The number of carbonyl (C=O) groups is 1. The monoisotopic (exact) mass is 283 g/mol. The summed E-state index contributed by atoms with van der Waals surface area (Å²) >= 11 is 0. The van der Waals surface area contributed by atoms with Crippen molar-refractivity contribution in [2.24, 2.45) is 0 Å². The molecule has 0 unspecified atom stereocenters. The van der Waals surface area contributed by atoms with E-state index in [2.05, 4.69) is 9.97 Å². The number of para-hydroxylation sites is 1. The van der Waals surface area contributed by atoms with Crippen molar-refractivity contribution < 1.29 is 4.79 Å². The van der Waals surface area contributed by atoms with Gasteiger partial charge < -0.3 is 4.98 Å². The minimum atomic E-state index is -0.584. The molecule has 0 atom stereocenters. The number of ketones is 1. The first kappa shape index (κ1) is 13.1. The highest BCUT2D eigenvalue weighted by atomic mass is 16.2. The number of benzene rings is 1. The number of carbonyl (C=O) groups excluding carboxylic acids is 1. The number of nitrogens with one attached hydrogen (secondary N) is 2. The van der Waals surface area contributed by atoms with Crippen LogP contribution in [0.4, 0.5) is 0 Å². The van der Waals surface area contributed by atoms with Gasteiger partial charge in [0.15, 0.2) is 5.78 Å². The summed E-state index contributed by atoms with van der Waals surface area (Å²) in [5.41, 5.74) is 0.767. The van der Waals surface area contributed by atoms with Crippen molar-refractivity contribution >= 4 is 16.7 Å². The van der Waals surface area contributed by atoms with Gasteiger partial charge in [-0.3, -0.25) is 19.1 Å². The van der Waals surface area contributed by atoms with Crippen LogP contribution < -0.4 is 11.2 Å². The van der Waals surface area contributed by atoms with Crippen LogP contribution in [0.3, 0.4) is 0 Å². The number of H-pyrrole nitrogens is 2. The molecule has 0 saturated heterocycles. The molecule has 0 amide bonds. The van der Waals surface area contributed by atoms with E-state index in [0.29, 0.717) is 11.1 Å². The zero-order valence-corrected chi connectivity index (χ0v) is 11.3. The molecule has 6 nitrogen and oxygen atoms in total. The number of aromatic amines is 2. The number of hydrogen-bond donors (Lipinski definition) is 2. The third-order valence-electron chi connectivity index (χ3n) is 3.39. The van der Waals surface area contributed by atoms with E-state index in [4.69, 9.17) is 0 Å². The van der Waals surface area contributed by atoms with E-state index in [-0.39, 0.29) is 12.3 Å². The van der Waals surface area contributed by atoms with Gasteiger partial charge in [0.2, 0.25) is 0 Å². The molecule has 21 heavy (non-hydrogen) atoms. The van der Waals surface area contributed by atoms with Gasteiger partial charge in [0.05, 0.1) is 6.54 Å². The van der Waals surface area contributed by atoms with Crippen LogP contribution in [-0.4, -0.2) is 20.3 Å². The summed E-state index contributed by atoms with van der Waals surface area (Å²) in [4.78, 5) is 40.6. The van der Waals surface area contributed by atoms with E-state index in [0.717, 1.165) is 10.9 Å². The predicted octanol–water partition coefficient (Wildman–Crippen LogP) is 1.21. The largest absolute Gasteiger partial charge is 0.360 e. The Morgan fingerprint density at radius 2 is 2.00 bits per heavy atom. The van der Waals surface area contributed by atoms with Crippen LogP contribution >= 0.6 is 0 Å². The average molecular weight is 283 g/mol. The van der Waals surface area contributed by atoms with Crippen LogP contribution in [0.1, 0.15) is 15.9 Å². The molecule has 0 bridgehead atoms. The summed E-state index contributed by atoms with van der Waals surface area (Å²) in [5, 5.41) is 0.816. The molecule has 3 aromatic rings. The number of nitrogens with zero attached hydrogens (tertiary/aromatic N) is 1. The second-order valence-electron chi connectivity index (χ2n) is 4.87. The third-order valence-corrected chi connectivity index (χ3v) is 3.39. The Morgan fingerprint density at radius 3 is 2.81 bits per heavy atom. The van der Waals surface area contributed by atoms with E-state index in [9.17, 15) is 14.4 Å². The van der Waals surface area contributed by atoms with Gasteiger partial charge in [-0.2, -0.15) is 0 Å². The molecular formula is C15H13N3O3. The summed E-state index contributed by atoms with van der Waals surface area (Å²) in [6.45, 7) is 1.48. The van der Waals surface area contributed by atoms with Crippen LogP contribution in [0, 0.1) is 6.92 Å². The second kappa shape index (κ2) is 4.90. The fourth-order valence-electron chi connectivity index (χ4n) is 2.28. The van der Waals surface area contributed by atoms with Crippen molar-refractivity contribution in [3.8, 4) is 0 Å². The molecule has 6 heteroatoms. The van der Waals surface area contributed by atoms with E-state index in [1.54, 1.807) is 13.1 Å². The first-order valence-corrected chi connectivity index (χ1v) is 6.46. The Labute approximate surface area is 119 Å². The van der Waals surface area contributed by atoms with Gasteiger partial charge in [-0.15, -0.1) is 0 Å². The summed E-state index contributed by atoms with van der Waals surface area (Å²) in [6.07, 6.45) is 3.03. The topological polar surface area (TPSA) is 87.7 Å². The maximum atomic E-state index is 12.4. The number of rotatable bonds is 3. The number of fused-ring (bicyclic) bond motifs is 1. The Morgan fingerprint density at radius 1 is 1.24 bits per heavy atom. The summed E-state index contributed by atoms with van der Waals surface area (Å²) in [5.74, 6) is -0.194. The van der Waals surface area contributed by atoms with Gasteiger partial charge in [-0.05, 0) is 13.0 Å². The zero-order valence-electron chi connectivity index (χ0n) is 11.3. The molecule has 3 rings (SSSR count). The molecule has 1 aromatic carbocycles. The van der Waals surface area contributed by atoms with Crippen molar-refractivity contribution in [2.45, 2.75) is 13.5 Å². The highest BCUT2D eigenvalue weighted by Gasteiger charge is 2.13. The van der Waals surface area contributed by atoms with Crippen LogP contribution in [0.2, 0.25) is 0 Å². The van der Waals surface area contributed by atoms with E-state index in [1.165, 1.54) is 10.8 Å². The number of aromatic nitrogens is 3.